The van der Waals surface area contributed by atoms with E-state index in [9.17, 15) is 4.39 Å². The Balaban J connectivity index is 1.72. The molecule has 0 saturated heterocycles. The number of hydrogen-bond donors (Lipinski definition) is 1. The van der Waals surface area contributed by atoms with E-state index in [0.29, 0.717) is 0 Å². The first-order valence-corrected chi connectivity index (χ1v) is 8.28. The van der Waals surface area contributed by atoms with Crippen molar-refractivity contribution >= 4 is 11.4 Å². The van der Waals surface area contributed by atoms with Crippen LogP contribution in [-0.2, 0) is 12.8 Å². The number of anilines is 2. The van der Waals surface area contributed by atoms with Crippen molar-refractivity contribution < 1.29 is 4.39 Å². The fraction of sp³-hybridized carbons (Fsp3) is 0.182. The Bertz CT molecular complexity index is 822. The topological polar surface area (TPSA) is 12.0 Å². The maximum absolute atomic E-state index is 13.0. The quantitative estimate of drug-likeness (QED) is 0.611. The van der Waals surface area contributed by atoms with Crippen molar-refractivity contribution in [2.24, 2.45) is 0 Å². The van der Waals surface area contributed by atoms with Gasteiger partial charge in [0.05, 0.1) is 0 Å². The number of halogens is 1. The molecule has 0 amide bonds. The van der Waals surface area contributed by atoms with Gasteiger partial charge in [-0.1, -0.05) is 42.0 Å². The number of hydrogen-bond acceptors (Lipinski definition) is 1. The van der Waals surface area contributed by atoms with Crippen LogP contribution in [0.3, 0.4) is 0 Å². The molecule has 0 aromatic heterocycles. The van der Waals surface area contributed by atoms with Gasteiger partial charge in [0.2, 0.25) is 0 Å². The van der Waals surface area contributed by atoms with Crippen molar-refractivity contribution in [3.05, 3.63) is 94.8 Å². The molecule has 0 heterocycles. The van der Waals surface area contributed by atoms with Gasteiger partial charge in [-0.05, 0) is 73.7 Å². The Morgan fingerprint density at radius 1 is 0.792 bits per heavy atom. The molecule has 0 radical (unpaired) electrons. The average molecular weight is 319 g/mol. The van der Waals surface area contributed by atoms with Crippen molar-refractivity contribution in [1.29, 1.82) is 0 Å². The fourth-order valence-corrected chi connectivity index (χ4v) is 2.80. The second-order valence-electron chi connectivity index (χ2n) is 6.27. The van der Waals surface area contributed by atoms with Gasteiger partial charge >= 0.3 is 0 Å². The SMILES string of the molecule is Cc1cccc(CCc2ccc(C)c(Nc3ccc(F)cc3)c2)c1. The monoisotopic (exact) mass is 319 g/mol. The summed E-state index contributed by atoms with van der Waals surface area (Å²) in [5.74, 6) is -0.218. The Morgan fingerprint density at radius 3 is 2.21 bits per heavy atom. The molecule has 0 aliphatic rings. The van der Waals surface area contributed by atoms with Gasteiger partial charge in [0.15, 0.2) is 0 Å². The lowest BCUT2D eigenvalue weighted by Gasteiger charge is -2.12. The lowest BCUT2D eigenvalue weighted by molar-refractivity contribution is 0.628. The van der Waals surface area contributed by atoms with E-state index >= 15 is 0 Å². The first-order chi connectivity index (χ1) is 11.6. The molecule has 0 unspecified atom stereocenters. The predicted octanol–water partition coefficient (Wildman–Crippen LogP) is 5.97. The van der Waals surface area contributed by atoms with Crippen molar-refractivity contribution in [1.82, 2.24) is 0 Å². The van der Waals surface area contributed by atoms with E-state index in [1.54, 1.807) is 12.1 Å². The molecule has 0 spiro atoms. The van der Waals surface area contributed by atoms with Crippen molar-refractivity contribution in [2.75, 3.05) is 5.32 Å². The summed E-state index contributed by atoms with van der Waals surface area (Å²) in [6, 6.07) is 21.6. The first kappa shape index (κ1) is 16.3. The summed E-state index contributed by atoms with van der Waals surface area (Å²) < 4.78 is 13.0. The van der Waals surface area contributed by atoms with Crippen molar-refractivity contribution in [2.45, 2.75) is 26.7 Å². The Morgan fingerprint density at radius 2 is 1.50 bits per heavy atom. The van der Waals surface area contributed by atoms with Gasteiger partial charge in [0.1, 0.15) is 5.82 Å². The van der Waals surface area contributed by atoms with Crippen molar-refractivity contribution in [3.8, 4) is 0 Å². The van der Waals surface area contributed by atoms with Crippen LogP contribution < -0.4 is 5.32 Å². The van der Waals surface area contributed by atoms with E-state index in [1.807, 2.05) is 0 Å². The molecular formula is C22H22FN. The zero-order valence-electron chi connectivity index (χ0n) is 14.1. The summed E-state index contributed by atoms with van der Waals surface area (Å²) >= 11 is 0. The third-order valence-corrected chi connectivity index (χ3v) is 4.21. The highest BCUT2D eigenvalue weighted by molar-refractivity contribution is 5.63. The maximum atomic E-state index is 13.0. The summed E-state index contributed by atoms with van der Waals surface area (Å²) in [6.07, 6.45) is 2.03. The molecule has 2 heteroatoms. The molecule has 122 valence electrons. The van der Waals surface area contributed by atoms with Gasteiger partial charge in [-0.3, -0.25) is 0 Å². The molecular weight excluding hydrogens is 297 g/mol. The van der Waals surface area contributed by atoms with Crippen LogP contribution in [0, 0.1) is 19.7 Å². The van der Waals surface area contributed by atoms with Gasteiger partial charge in [-0.2, -0.15) is 0 Å². The Hall–Kier alpha value is -2.61. The minimum Gasteiger partial charge on any atom is -0.355 e. The smallest absolute Gasteiger partial charge is 0.123 e. The molecule has 0 aliphatic heterocycles. The Labute approximate surface area is 143 Å². The lowest BCUT2D eigenvalue weighted by atomic mass is 10.0. The Kier molecular flexibility index (Phi) is 4.95. The van der Waals surface area contributed by atoms with E-state index in [1.165, 1.54) is 34.4 Å². The molecule has 0 atom stereocenters. The van der Waals surface area contributed by atoms with E-state index < -0.39 is 0 Å². The molecule has 0 aliphatic carbocycles. The van der Waals surface area contributed by atoms with Crippen LogP contribution in [-0.4, -0.2) is 0 Å². The third kappa shape index (κ3) is 4.23. The van der Waals surface area contributed by atoms with Crippen LogP contribution in [0.4, 0.5) is 15.8 Å². The number of aryl methyl sites for hydroxylation is 4. The van der Waals surface area contributed by atoms with Gasteiger partial charge in [0.25, 0.3) is 0 Å². The minimum absolute atomic E-state index is 0.218. The van der Waals surface area contributed by atoms with Gasteiger partial charge in [-0.25, -0.2) is 4.39 Å². The minimum atomic E-state index is -0.218. The fourth-order valence-electron chi connectivity index (χ4n) is 2.80. The zero-order valence-corrected chi connectivity index (χ0v) is 14.1. The molecule has 0 saturated carbocycles. The lowest BCUT2D eigenvalue weighted by Crippen LogP contribution is -1.97. The molecule has 1 N–H and O–H groups in total. The normalized spacial score (nSPS) is 10.6. The second kappa shape index (κ2) is 7.31. The van der Waals surface area contributed by atoms with Gasteiger partial charge in [-0.15, -0.1) is 0 Å². The molecule has 3 rings (SSSR count). The van der Waals surface area contributed by atoms with E-state index in [4.69, 9.17) is 0 Å². The molecule has 1 nitrogen and oxygen atoms in total. The number of nitrogens with one attached hydrogen (secondary N) is 1. The van der Waals surface area contributed by atoms with Gasteiger partial charge in [0, 0.05) is 11.4 Å². The van der Waals surface area contributed by atoms with Gasteiger partial charge < -0.3 is 5.32 Å². The second-order valence-corrected chi connectivity index (χ2v) is 6.27. The largest absolute Gasteiger partial charge is 0.355 e. The summed E-state index contributed by atoms with van der Waals surface area (Å²) in [7, 11) is 0. The summed E-state index contributed by atoms with van der Waals surface area (Å²) in [6.45, 7) is 4.20. The molecule has 0 bridgehead atoms. The van der Waals surface area contributed by atoms with Crippen LogP contribution >= 0.6 is 0 Å². The predicted molar refractivity (Wildman–Crippen MR) is 99.4 cm³/mol. The summed E-state index contributed by atoms with van der Waals surface area (Å²) in [5, 5.41) is 3.38. The average Bonchev–Trinajstić information content (AvgIpc) is 2.58. The van der Waals surface area contributed by atoms with E-state index in [0.717, 1.165) is 24.2 Å². The van der Waals surface area contributed by atoms with E-state index in [-0.39, 0.29) is 5.82 Å². The zero-order chi connectivity index (χ0) is 16.9. The molecule has 3 aromatic carbocycles. The number of benzene rings is 3. The highest BCUT2D eigenvalue weighted by atomic mass is 19.1. The van der Waals surface area contributed by atoms with E-state index in [2.05, 4.69) is 61.6 Å². The molecule has 0 fully saturated rings. The highest BCUT2D eigenvalue weighted by Gasteiger charge is 2.03. The van der Waals surface area contributed by atoms with Crippen LogP contribution in [0.15, 0.2) is 66.7 Å². The first-order valence-electron chi connectivity index (χ1n) is 8.28. The van der Waals surface area contributed by atoms with Crippen LogP contribution in [0.1, 0.15) is 22.3 Å². The third-order valence-electron chi connectivity index (χ3n) is 4.21. The molecule has 3 aromatic rings. The van der Waals surface area contributed by atoms with Crippen LogP contribution in [0.25, 0.3) is 0 Å². The molecule has 24 heavy (non-hydrogen) atoms. The highest BCUT2D eigenvalue weighted by Crippen LogP contribution is 2.23. The maximum Gasteiger partial charge on any atom is 0.123 e. The van der Waals surface area contributed by atoms with Crippen molar-refractivity contribution in [3.63, 3.8) is 0 Å². The summed E-state index contributed by atoms with van der Waals surface area (Å²) in [4.78, 5) is 0. The van der Waals surface area contributed by atoms with Crippen LogP contribution in [0.2, 0.25) is 0 Å². The standard InChI is InChI=1S/C22H22FN/c1-16-4-3-5-18(14-16)8-9-19-7-6-17(2)22(15-19)24-21-12-10-20(23)11-13-21/h3-7,10-15,24H,8-9H2,1-2H3. The summed E-state index contributed by atoms with van der Waals surface area (Å²) in [5.41, 5.74) is 7.11. The van der Waals surface area contributed by atoms with Crippen LogP contribution in [0.5, 0.6) is 0 Å². The number of rotatable bonds is 5.